The number of anilines is 2. The molecule has 1 aromatic heterocycles. The number of halogens is 3. The van der Waals surface area contributed by atoms with Crippen LogP contribution in [0.5, 0.6) is 5.75 Å². The van der Waals surface area contributed by atoms with E-state index in [1.165, 1.54) is 42.5 Å². The van der Waals surface area contributed by atoms with Crippen LogP contribution in [0, 0.1) is 5.92 Å². The smallest absolute Gasteiger partial charge is 0.418 e. The number of para-hydroxylation sites is 1. The molecular formula is C29H21F3N4O7S3. The Kier molecular flexibility index (Phi) is 8.04. The summed E-state index contributed by atoms with van der Waals surface area (Å²) in [6.45, 7) is -0.463. The Balaban J connectivity index is 1.27. The van der Waals surface area contributed by atoms with Gasteiger partial charge in [0.1, 0.15) is 11.0 Å². The lowest BCUT2D eigenvalue weighted by Gasteiger charge is -2.30. The van der Waals surface area contributed by atoms with Crippen LogP contribution in [-0.4, -0.2) is 43.0 Å². The first-order valence-corrected chi connectivity index (χ1v) is 16.6. The van der Waals surface area contributed by atoms with Crippen molar-refractivity contribution >= 4 is 62.2 Å². The second kappa shape index (κ2) is 11.7. The molecule has 1 saturated heterocycles. The number of ether oxygens (including phenoxy) is 1. The maximum absolute atomic E-state index is 13.9. The Morgan fingerprint density at radius 3 is 2.41 bits per heavy atom. The standard InChI is InChI=1S/C29H21F3N4O7S3/c30-29(31,32)18-6-1-2-7-19(18)36-26(38)22-21(23-25(35-28(40)45-23)44-24(22)27(36)39)14-4-3-5-16(12-14)43-13-20(37)34-15-8-10-17(11-9-15)46(33,41)42/h1-12,21-22,24H,13H2,(H,34,37)(H,35,40)(H2,33,41,42). The number of hydrogen-bond acceptors (Lipinski definition) is 9. The Labute approximate surface area is 266 Å². The van der Waals surface area contributed by atoms with Crippen LogP contribution >= 0.6 is 23.1 Å². The number of alkyl halides is 3. The van der Waals surface area contributed by atoms with E-state index in [-0.39, 0.29) is 16.3 Å². The first kappa shape index (κ1) is 31.5. The van der Waals surface area contributed by atoms with Crippen LogP contribution in [0.1, 0.15) is 21.9 Å². The molecule has 0 bridgehead atoms. The van der Waals surface area contributed by atoms with Crippen molar-refractivity contribution in [3.63, 3.8) is 0 Å². The summed E-state index contributed by atoms with van der Waals surface area (Å²) in [5.41, 5.74) is -0.973. The summed E-state index contributed by atoms with van der Waals surface area (Å²) in [6, 6.07) is 15.8. The zero-order chi connectivity index (χ0) is 33.0. The number of imide groups is 1. The van der Waals surface area contributed by atoms with Crippen LogP contribution in [0.4, 0.5) is 24.5 Å². The first-order valence-electron chi connectivity index (χ1n) is 13.3. The van der Waals surface area contributed by atoms with E-state index in [0.717, 1.165) is 35.2 Å². The quantitative estimate of drug-likeness (QED) is 0.245. The van der Waals surface area contributed by atoms with Crippen LogP contribution in [0.15, 0.2) is 87.5 Å². The molecular weight excluding hydrogens is 670 g/mol. The fraction of sp³-hybridized carbons (Fsp3) is 0.172. The van der Waals surface area contributed by atoms with Crippen molar-refractivity contribution in [2.45, 2.75) is 27.3 Å². The molecule has 17 heteroatoms. The van der Waals surface area contributed by atoms with E-state index in [9.17, 15) is 40.8 Å². The largest absolute Gasteiger partial charge is 0.484 e. The zero-order valence-corrected chi connectivity index (χ0v) is 25.6. The lowest BCUT2D eigenvalue weighted by atomic mass is 9.83. The van der Waals surface area contributed by atoms with Crippen molar-refractivity contribution in [1.82, 2.24) is 4.98 Å². The Bertz CT molecular complexity index is 2050. The number of thioether (sulfide) groups is 1. The van der Waals surface area contributed by atoms with Gasteiger partial charge in [0, 0.05) is 16.5 Å². The number of benzene rings is 3. The fourth-order valence-electron chi connectivity index (χ4n) is 5.39. The molecule has 0 saturated carbocycles. The van der Waals surface area contributed by atoms with Gasteiger partial charge in [-0.3, -0.25) is 19.2 Å². The van der Waals surface area contributed by atoms with Crippen molar-refractivity contribution in [2.24, 2.45) is 11.1 Å². The molecule has 3 heterocycles. The maximum Gasteiger partial charge on any atom is 0.418 e. The number of rotatable bonds is 7. The van der Waals surface area contributed by atoms with Crippen LogP contribution in [-0.2, 0) is 30.6 Å². The molecule has 3 aromatic carbocycles. The second-order valence-corrected chi connectivity index (χ2v) is 14.0. The van der Waals surface area contributed by atoms with E-state index in [1.54, 1.807) is 18.2 Å². The topological polar surface area (TPSA) is 169 Å². The summed E-state index contributed by atoms with van der Waals surface area (Å²) in [5.74, 6) is -4.08. The Morgan fingerprint density at radius 1 is 1.00 bits per heavy atom. The van der Waals surface area contributed by atoms with Gasteiger partial charge in [-0.2, -0.15) is 13.2 Å². The average molecular weight is 691 g/mol. The third-order valence-corrected chi connectivity index (χ3v) is 10.7. The molecule has 4 N–H and O–H groups in total. The number of sulfonamides is 1. The number of carbonyl (C=O) groups excluding carboxylic acids is 3. The number of nitrogens with zero attached hydrogens (tertiary/aromatic N) is 1. The molecule has 3 amide bonds. The van der Waals surface area contributed by atoms with Crippen LogP contribution < -0.4 is 25.0 Å². The predicted octanol–water partition coefficient (Wildman–Crippen LogP) is 3.92. The van der Waals surface area contributed by atoms with Gasteiger partial charge in [-0.15, -0.1) is 0 Å². The number of nitrogens with one attached hydrogen (secondary N) is 2. The van der Waals surface area contributed by atoms with Gasteiger partial charge in [-0.1, -0.05) is 47.4 Å². The summed E-state index contributed by atoms with van der Waals surface area (Å²) in [6.07, 6.45) is -4.83. The lowest BCUT2D eigenvalue weighted by molar-refractivity contribution is -0.137. The third kappa shape index (κ3) is 5.93. The highest BCUT2D eigenvalue weighted by atomic mass is 32.2. The molecule has 2 aliphatic rings. The lowest BCUT2D eigenvalue weighted by Crippen LogP contribution is -2.33. The minimum Gasteiger partial charge on any atom is -0.484 e. The number of amides is 3. The van der Waals surface area contributed by atoms with Gasteiger partial charge in [-0.25, -0.2) is 18.5 Å². The van der Waals surface area contributed by atoms with E-state index in [2.05, 4.69) is 10.3 Å². The molecule has 2 aliphatic heterocycles. The first-order chi connectivity index (χ1) is 21.7. The third-order valence-electron chi connectivity index (χ3n) is 7.33. The van der Waals surface area contributed by atoms with Gasteiger partial charge in [0.2, 0.25) is 21.8 Å². The van der Waals surface area contributed by atoms with Gasteiger partial charge in [0.05, 0.1) is 27.1 Å². The molecule has 11 nitrogen and oxygen atoms in total. The number of aromatic nitrogens is 1. The van der Waals surface area contributed by atoms with Crippen LogP contribution in [0.3, 0.4) is 0 Å². The fourth-order valence-corrected chi connectivity index (χ4v) is 8.42. The van der Waals surface area contributed by atoms with Gasteiger partial charge < -0.3 is 15.0 Å². The second-order valence-electron chi connectivity index (χ2n) is 10.3. The molecule has 6 rings (SSSR count). The average Bonchev–Trinajstić information content (AvgIpc) is 3.49. The minimum atomic E-state index is -4.83. The number of primary sulfonamides is 1. The summed E-state index contributed by atoms with van der Waals surface area (Å²) >= 11 is 1.76. The molecule has 46 heavy (non-hydrogen) atoms. The number of thiazole rings is 1. The summed E-state index contributed by atoms with van der Waals surface area (Å²) in [7, 11) is -3.91. The molecule has 3 atom stereocenters. The molecule has 1 fully saturated rings. The number of fused-ring (bicyclic) bond motifs is 2. The van der Waals surface area contributed by atoms with Crippen molar-refractivity contribution in [1.29, 1.82) is 0 Å². The van der Waals surface area contributed by atoms with Crippen molar-refractivity contribution in [3.05, 3.63) is 98.5 Å². The van der Waals surface area contributed by atoms with Gasteiger partial charge >= 0.3 is 11.0 Å². The Morgan fingerprint density at radius 2 is 1.72 bits per heavy atom. The van der Waals surface area contributed by atoms with Crippen molar-refractivity contribution in [2.75, 3.05) is 16.8 Å². The zero-order valence-electron chi connectivity index (χ0n) is 23.1. The molecule has 238 valence electrons. The number of hydrogen-bond donors (Lipinski definition) is 3. The SMILES string of the molecule is NS(=O)(=O)c1ccc(NC(=O)COc2cccc(C3c4sc(=O)[nH]c4SC4C(=O)N(c5ccccc5C(F)(F)F)C(=O)C43)c2)cc1. The summed E-state index contributed by atoms with van der Waals surface area (Å²) < 4.78 is 70.1. The molecule has 0 aliphatic carbocycles. The maximum atomic E-state index is 13.9. The summed E-state index contributed by atoms with van der Waals surface area (Å²) in [4.78, 5) is 55.5. The van der Waals surface area contributed by atoms with Crippen molar-refractivity contribution < 1.29 is 40.7 Å². The monoisotopic (exact) mass is 690 g/mol. The van der Waals surface area contributed by atoms with E-state index in [0.29, 0.717) is 20.4 Å². The molecule has 4 aromatic rings. The van der Waals surface area contributed by atoms with Gasteiger partial charge in [0.25, 0.3) is 5.91 Å². The summed E-state index contributed by atoms with van der Waals surface area (Å²) in [5, 5.41) is 6.86. The van der Waals surface area contributed by atoms with Gasteiger partial charge in [0.15, 0.2) is 6.61 Å². The minimum absolute atomic E-state index is 0.132. The highest BCUT2D eigenvalue weighted by Gasteiger charge is 2.57. The molecule has 0 spiro atoms. The van der Waals surface area contributed by atoms with Gasteiger partial charge in [-0.05, 0) is 54.1 Å². The van der Waals surface area contributed by atoms with E-state index in [4.69, 9.17) is 9.88 Å². The Hall–Kier alpha value is -4.45. The van der Waals surface area contributed by atoms with Crippen molar-refractivity contribution in [3.8, 4) is 5.75 Å². The number of aromatic amines is 1. The molecule has 3 unspecified atom stereocenters. The van der Waals surface area contributed by atoms with Crippen LogP contribution in [0.25, 0.3) is 0 Å². The highest BCUT2D eigenvalue weighted by molar-refractivity contribution is 8.00. The number of carbonyl (C=O) groups is 3. The predicted molar refractivity (Wildman–Crippen MR) is 162 cm³/mol. The van der Waals surface area contributed by atoms with E-state index < -0.39 is 73.7 Å². The van der Waals surface area contributed by atoms with Crippen LogP contribution in [0.2, 0.25) is 0 Å². The van der Waals surface area contributed by atoms with E-state index in [1.807, 2.05) is 0 Å². The normalized spacial score (nSPS) is 19.5. The molecule has 0 radical (unpaired) electrons. The number of nitrogens with two attached hydrogens (primary N) is 1. The van der Waals surface area contributed by atoms with E-state index >= 15 is 0 Å². The highest BCUT2D eigenvalue weighted by Crippen LogP contribution is 2.54. The number of H-pyrrole nitrogens is 1.